The molecule has 0 amide bonds. The van der Waals surface area contributed by atoms with E-state index in [2.05, 4.69) is 57.5 Å². The fourth-order valence-corrected chi connectivity index (χ4v) is 3.43. The Hall–Kier alpha value is -1.57. The van der Waals surface area contributed by atoms with Crippen LogP contribution in [0.4, 0.5) is 0 Å². The van der Waals surface area contributed by atoms with Crippen LogP contribution >= 0.6 is 0 Å². The van der Waals surface area contributed by atoms with E-state index in [1.807, 2.05) is 0 Å². The summed E-state index contributed by atoms with van der Waals surface area (Å²) in [5, 5.41) is 4.73. The van der Waals surface area contributed by atoms with Gasteiger partial charge in [-0.1, -0.05) is 26.8 Å². The number of rotatable bonds is 2. The fraction of sp³-hybridized carbons (Fsp3) is 0.471. The molecule has 0 radical (unpaired) electrons. The topological polar surface area (TPSA) is 17.8 Å². The smallest absolute Gasteiger partial charge is 0.0651 e. The zero-order chi connectivity index (χ0) is 13.7. The number of benzene rings is 1. The summed E-state index contributed by atoms with van der Waals surface area (Å²) < 4.78 is 2.11. The minimum Gasteiger partial charge on any atom is -0.238 e. The second kappa shape index (κ2) is 4.22. The number of hydrogen-bond donors (Lipinski definition) is 0. The maximum atomic E-state index is 4.73. The number of aryl methyl sites for hydroxylation is 1. The lowest BCUT2D eigenvalue weighted by molar-refractivity contribution is 0.664. The molecule has 1 aromatic heterocycles. The van der Waals surface area contributed by atoms with Crippen LogP contribution in [0.15, 0.2) is 18.2 Å². The molecular formula is C17H22N2. The Balaban J connectivity index is 2.08. The highest BCUT2D eigenvalue weighted by Crippen LogP contribution is 2.36. The largest absolute Gasteiger partial charge is 0.238 e. The summed E-state index contributed by atoms with van der Waals surface area (Å²) in [5.41, 5.74) is 8.02. The van der Waals surface area contributed by atoms with E-state index in [1.165, 1.54) is 34.5 Å². The zero-order valence-corrected chi connectivity index (χ0v) is 12.5. The average Bonchev–Trinajstić information content (AvgIpc) is 2.63. The predicted molar refractivity (Wildman–Crippen MR) is 79.2 cm³/mol. The molecule has 0 saturated heterocycles. The van der Waals surface area contributed by atoms with E-state index >= 15 is 0 Å². The number of fused-ring (bicyclic) bond motifs is 1. The Labute approximate surface area is 115 Å². The molecule has 3 rings (SSSR count). The maximum absolute atomic E-state index is 4.73. The quantitative estimate of drug-likeness (QED) is 0.782. The lowest BCUT2D eigenvalue weighted by Gasteiger charge is -2.27. The van der Waals surface area contributed by atoms with Crippen molar-refractivity contribution in [1.82, 2.24) is 9.78 Å². The summed E-state index contributed by atoms with van der Waals surface area (Å²) in [6.07, 6.45) is 1.21. The normalized spacial score (nSPS) is 17.5. The van der Waals surface area contributed by atoms with E-state index in [-0.39, 0.29) is 0 Å². The zero-order valence-electron chi connectivity index (χ0n) is 12.5. The van der Waals surface area contributed by atoms with Crippen LogP contribution in [0.2, 0.25) is 0 Å². The van der Waals surface area contributed by atoms with E-state index in [1.54, 1.807) is 0 Å². The number of hydrogen-bond acceptors (Lipinski definition) is 1. The fourth-order valence-electron chi connectivity index (χ4n) is 3.43. The lowest BCUT2D eigenvalue weighted by Crippen LogP contribution is -2.14. The lowest BCUT2D eigenvalue weighted by atomic mass is 9.79. The summed E-state index contributed by atoms with van der Waals surface area (Å²) in [5.74, 6) is 1.26. The average molecular weight is 254 g/mol. The summed E-state index contributed by atoms with van der Waals surface area (Å²) in [6.45, 7) is 11.1. The molecule has 100 valence electrons. The molecular weight excluding hydrogens is 232 g/mol. The Morgan fingerprint density at radius 3 is 2.53 bits per heavy atom. The first-order valence-corrected chi connectivity index (χ1v) is 7.18. The van der Waals surface area contributed by atoms with Crippen LogP contribution in [-0.4, -0.2) is 9.78 Å². The van der Waals surface area contributed by atoms with Crippen LogP contribution in [0.3, 0.4) is 0 Å². The highest BCUT2D eigenvalue weighted by Gasteiger charge is 2.23. The third-order valence-corrected chi connectivity index (χ3v) is 4.35. The van der Waals surface area contributed by atoms with Gasteiger partial charge in [0, 0.05) is 5.69 Å². The van der Waals surface area contributed by atoms with Gasteiger partial charge in [0.05, 0.1) is 11.4 Å². The van der Waals surface area contributed by atoms with Crippen molar-refractivity contribution in [2.75, 3.05) is 0 Å². The van der Waals surface area contributed by atoms with Crippen LogP contribution in [0.25, 0.3) is 5.69 Å². The summed E-state index contributed by atoms with van der Waals surface area (Å²) in [7, 11) is 0. The predicted octanol–water partition coefficient (Wildman–Crippen LogP) is 4.27. The van der Waals surface area contributed by atoms with Crippen molar-refractivity contribution in [2.24, 2.45) is 0 Å². The minimum absolute atomic E-state index is 0.528. The second-order valence-electron chi connectivity index (χ2n) is 6.14. The standard InChI is InChI=1S/C17H22N2/c1-10(2)17-12(4)18-19(13(17)5)15-6-7-16-11(3)8-14(16)9-15/h6-7,9-11H,8H2,1-5H3. The molecule has 1 aromatic carbocycles. The van der Waals surface area contributed by atoms with Gasteiger partial charge >= 0.3 is 0 Å². The molecule has 1 aliphatic rings. The molecule has 2 nitrogen and oxygen atoms in total. The Kier molecular flexibility index (Phi) is 2.77. The molecule has 0 bridgehead atoms. The van der Waals surface area contributed by atoms with Gasteiger partial charge in [0.2, 0.25) is 0 Å². The van der Waals surface area contributed by atoms with Crippen LogP contribution < -0.4 is 0 Å². The van der Waals surface area contributed by atoms with E-state index in [4.69, 9.17) is 5.10 Å². The van der Waals surface area contributed by atoms with Crippen molar-refractivity contribution in [2.45, 2.75) is 52.9 Å². The third-order valence-electron chi connectivity index (χ3n) is 4.35. The molecule has 0 saturated carbocycles. The van der Waals surface area contributed by atoms with E-state index < -0.39 is 0 Å². The van der Waals surface area contributed by atoms with E-state index in [9.17, 15) is 0 Å². The van der Waals surface area contributed by atoms with Crippen molar-refractivity contribution in [3.05, 3.63) is 46.3 Å². The van der Waals surface area contributed by atoms with Crippen molar-refractivity contribution < 1.29 is 0 Å². The molecule has 2 heteroatoms. The van der Waals surface area contributed by atoms with Crippen molar-refractivity contribution >= 4 is 0 Å². The molecule has 1 aliphatic carbocycles. The second-order valence-corrected chi connectivity index (χ2v) is 6.14. The highest BCUT2D eigenvalue weighted by molar-refractivity contribution is 5.48. The summed E-state index contributed by atoms with van der Waals surface area (Å²) in [6, 6.07) is 6.78. The van der Waals surface area contributed by atoms with Crippen LogP contribution in [0.1, 0.15) is 60.7 Å². The van der Waals surface area contributed by atoms with E-state index in [0.29, 0.717) is 5.92 Å². The molecule has 19 heavy (non-hydrogen) atoms. The first-order chi connectivity index (χ1) is 8.99. The maximum Gasteiger partial charge on any atom is 0.0651 e. The van der Waals surface area contributed by atoms with Crippen molar-refractivity contribution in [3.8, 4) is 5.69 Å². The van der Waals surface area contributed by atoms with Crippen molar-refractivity contribution in [3.63, 3.8) is 0 Å². The minimum atomic E-state index is 0.528. The molecule has 1 unspecified atom stereocenters. The van der Waals surface area contributed by atoms with Gasteiger partial charge in [0.25, 0.3) is 0 Å². The van der Waals surface area contributed by atoms with Crippen LogP contribution in [0.5, 0.6) is 0 Å². The van der Waals surface area contributed by atoms with Crippen molar-refractivity contribution in [1.29, 1.82) is 0 Å². The van der Waals surface area contributed by atoms with Gasteiger partial charge in [-0.15, -0.1) is 0 Å². The Bertz CT molecular complexity index is 635. The van der Waals surface area contributed by atoms with Crippen LogP contribution in [0, 0.1) is 13.8 Å². The van der Waals surface area contributed by atoms with Crippen LogP contribution in [-0.2, 0) is 6.42 Å². The molecule has 1 atom stereocenters. The van der Waals surface area contributed by atoms with Gasteiger partial charge < -0.3 is 0 Å². The first kappa shape index (κ1) is 12.5. The molecule has 2 aromatic rings. The summed E-state index contributed by atoms with van der Waals surface area (Å²) in [4.78, 5) is 0. The van der Waals surface area contributed by atoms with Gasteiger partial charge in [-0.25, -0.2) is 4.68 Å². The molecule has 0 N–H and O–H groups in total. The van der Waals surface area contributed by atoms with Gasteiger partial charge in [-0.3, -0.25) is 0 Å². The van der Waals surface area contributed by atoms with E-state index in [0.717, 1.165) is 11.6 Å². The molecule has 0 fully saturated rings. The van der Waals surface area contributed by atoms with Gasteiger partial charge in [0.1, 0.15) is 0 Å². The number of nitrogens with zero attached hydrogens (tertiary/aromatic N) is 2. The molecule has 1 heterocycles. The van der Waals surface area contributed by atoms with Gasteiger partial charge in [0.15, 0.2) is 0 Å². The molecule has 0 aliphatic heterocycles. The SMILES string of the molecule is Cc1nn(-c2ccc3c(c2)CC3C)c(C)c1C(C)C. The Morgan fingerprint density at radius 2 is 2.00 bits per heavy atom. The molecule has 0 spiro atoms. The van der Waals surface area contributed by atoms with Gasteiger partial charge in [-0.05, 0) is 60.9 Å². The Morgan fingerprint density at radius 1 is 1.26 bits per heavy atom. The van der Waals surface area contributed by atoms with Gasteiger partial charge in [-0.2, -0.15) is 5.10 Å². The third kappa shape index (κ3) is 1.81. The first-order valence-electron chi connectivity index (χ1n) is 7.18. The number of aromatic nitrogens is 2. The highest BCUT2D eigenvalue weighted by atomic mass is 15.3. The monoisotopic (exact) mass is 254 g/mol. The summed E-state index contributed by atoms with van der Waals surface area (Å²) >= 11 is 0.